The first kappa shape index (κ1) is 27.7. The van der Waals surface area contributed by atoms with Crippen LogP contribution in [0.4, 0.5) is 0 Å². The number of fused-ring (bicyclic) bond motifs is 1. The number of aliphatic hydroxyl groups is 3. The van der Waals surface area contributed by atoms with Crippen LogP contribution < -0.4 is 14.9 Å². The van der Waals surface area contributed by atoms with Crippen LogP contribution in [0.15, 0.2) is 45.8 Å². The number of benzene rings is 2. The zero-order valence-electron chi connectivity index (χ0n) is 20.2. The van der Waals surface area contributed by atoms with E-state index >= 15 is 0 Å². The van der Waals surface area contributed by atoms with E-state index in [1.807, 2.05) is 0 Å². The molecule has 1 aliphatic rings. The number of carboxylic acids is 1. The van der Waals surface area contributed by atoms with Crippen LogP contribution >= 0.6 is 0 Å². The molecule has 14 heteroatoms. The second-order valence-corrected chi connectivity index (χ2v) is 8.57. The molecule has 1 aromatic heterocycles. The quantitative estimate of drug-likeness (QED) is 0.162. The van der Waals surface area contributed by atoms with Gasteiger partial charge >= 0.3 is 11.9 Å². The summed E-state index contributed by atoms with van der Waals surface area (Å²) in [5, 5.41) is 59.7. The Morgan fingerprint density at radius 2 is 1.74 bits per heavy atom. The molecule has 5 atom stereocenters. The summed E-state index contributed by atoms with van der Waals surface area (Å²) < 4.78 is 26.2. The fraction of sp³-hybridized carbons (Fsp3) is 0.320. The molecule has 4 rings (SSSR count). The summed E-state index contributed by atoms with van der Waals surface area (Å²) in [5.41, 5.74) is -0.403. The van der Waals surface area contributed by atoms with E-state index in [1.54, 1.807) is 0 Å². The normalized spacial score (nSPS) is 22.8. The molecule has 0 aliphatic carbocycles. The zero-order chi connectivity index (χ0) is 28.4. The molecule has 39 heavy (non-hydrogen) atoms. The van der Waals surface area contributed by atoms with E-state index in [9.17, 15) is 39.9 Å². The third-order valence-electron chi connectivity index (χ3n) is 5.95. The van der Waals surface area contributed by atoms with Crippen LogP contribution in [0.2, 0.25) is 0 Å². The Balaban J connectivity index is 1.57. The van der Waals surface area contributed by atoms with Gasteiger partial charge in [0.25, 0.3) is 0 Å². The third kappa shape index (κ3) is 5.73. The van der Waals surface area contributed by atoms with Crippen molar-refractivity contribution >= 4 is 22.9 Å². The lowest BCUT2D eigenvalue weighted by atomic mass is 9.99. The molecule has 0 amide bonds. The van der Waals surface area contributed by atoms with E-state index in [4.69, 9.17) is 28.5 Å². The number of phenolic OH excluding ortho intramolecular Hbond substituents is 2. The van der Waals surface area contributed by atoms with Gasteiger partial charge < -0.3 is 54.0 Å². The lowest BCUT2D eigenvalue weighted by Gasteiger charge is -2.39. The monoisotopic (exact) mass is 548 g/mol. The van der Waals surface area contributed by atoms with Crippen LogP contribution in [0.1, 0.15) is 6.42 Å². The van der Waals surface area contributed by atoms with Gasteiger partial charge in [0, 0.05) is 12.1 Å². The number of carboxylic acid groups (broad SMARTS) is 1. The Labute approximate surface area is 218 Å². The van der Waals surface area contributed by atoms with Crippen molar-refractivity contribution in [3.63, 3.8) is 0 Å². The van der Waals surface area contributed by atoms with Crippen LogP contribution in [-0.2, 0) is 19.1 Å². The van der Waals surface area contributed by atoms with Crippen LogP contribution in [-0.4, -0.2) is 87.0 Å². The number of phenols is 2. The third-order valence-corrected chi connectivity index (χ3v) is 5.95. The lowest BCUT2D eigenvalue weighted by Crippen LogP contribution is -2.60. The molecule has 0 saturated carbocycles. The maximum Gasteiger partial charge on any atom is 0.317 e. The van der Waals surface area contributed by atoms with Crippen molar-refractivity contribution in [2.45, 2.75) is 37.1 Å². The molecule has 0 bridgehead atoms. The summed E-state index contributed by atoms with van der Waals surface area (Å²) in [5.74, 6) is -3.28. The highest BCUT2D eigenvalue weighted by Gasteiger charge is 2.45. The van der Waals surface area contributed by atoms with E-state index in [1.165, 1.54) is 31.4 Å². The Morgan fingerprint density at radius 1 is 1.00 bits per heavy atom. The van der Waals surface area contributed by atoms with Crippen molar-refractivity contribution < 1.29 is 63.6 Å². The van der Waals surface area contributed by atoms with Crippen molar-refractivity contribution in [3.8, 4) is 34.1 Å². The Morgan fingerprint density at radius 3 is 2.41 bits per heavy atom. The van der Waals surface area contributed by atoms with E-state index in [2.05, 4.69) is 0 Å². The van der Waals surface area contributed by atoms with Gasteiger partial charge in [-0.1, -0.05) is 6.07 Å². The highest BCUT2D eigenvalue weighted by atomic mass is 16.7. The second kappa shape index (κ2) is 11.2. The van der Waals surface area contributed by atoms with Gasteiger partial charge in [0.15, 0.2) is 11.5 Å². The number of hydrogen-bond donors (Lipinski definition) is 6. The topological polar surface area (TPSA) is 223 Å². The molecule has 2 aromatic carbocycles. The van der Waals surface area contributed by atoms with Gasteiger partial charge in [-0.3, -0.25) is 14.4 Å². The molecule has 1 saturated heterocycles. The standard InChI is InChI=1S/C25H24O14/c1-35-15-3-2-10(4-13(15)26)12-8-36-16-6-11(5-14(27)20(16)21(12)31)38-25-24(34)23(33)22(32)17(39-25)9-37-19(30)7-18(28)29/h2-6,8,17,22-27,32-34H,7,9H2,1H3,(H,28,29)/t17?,22-,23+,24?,25-/m1/s1. The van der Waals surface area contributed by atoms with Crippen LogP contribution in [0.3, 0.4) is 0 Å². The van der Waals surface area contributed by atoms with Gasteiger partial charge in [-0.05, 0) is 17.7 Å². The fourth-order valence-electron chi connectivity index (χ4n) is 3.97. The van der Waals surface area contributed by atoms with Crippen LogP contribution in [0.5, 0.6) is 23.0 Å². The maximum atomic E-state index is 13.1. The number of esters is 1. The molecule has 3 aromatic rings. The number of hydrogen-bond acceptors (Lipinski definition) is 13. The van der Waals surface area contributed by atoms with E-state index in [0.717, 1.165) is 12.3 Å². The van der Waals surface area contributed by atoms with Gasteiger partial charge in [-0.15, -0.1) is 0 Å². The largest absolute Gasteiger partial charge is 0.507 e. The molecule has 2 heterocycles. The van der Waals surface area contributed by atoms with Crippen molar-refractivity contribution in [1.82, 2.24) is 0 Å². The Kier molecular flexibility index (Phi) is 7.92. The average molecular weight is 548 g/mol. The average Bonchev–Trinajstić information content (AvgIpc) is 2.87. The number of aliphatic hydroxyl groups excluding tert-OH is 3. The number of aliphatic carboxylic acids is 1. The highest BCUT2D eigenvalue weighted by molar-refractivity contribution is 5.90. The molecule has 0 spiro atoms. The molecule has 1 fully saturated rings. The van der Waals surface area contributed by atoms with Gasteiger partial charge in [0.2, 0.25) is 11.7 Å². The van der Waals surface area contributed by atoms with Gasteiger partial charge in [0.05, 0.1) is 12.7 Å². The number of ether oxygens (including phenoxy) is 4. The molecule has 0 radical (unpaired) electrons. The van der Waals surface area contributed by atoms with Crippen LogP contribution in [0, 0.1) is 0 Å². The number of rotatable bonds is 8. The van der Waals surface area contributed by atoms with E-state index in [0.29, 0.717) is 5.56 Å². The first-order chi connectivity index (χ1) is 18.5. The first-order valence-electron chi connectivity index (χ1n) is 11.4. The summed E-state index contributed by atoms with van der Waals surface area (Å²) >= 11 is 0. The molecule has 1 aliphatic heterocycles. The molecule has 2 unspecified atom stereocenters. The molecular weight excluding hydrogens is 524 g/mol. The summed E-state index contributed by atoms with van der Waals surface area (Å²) in [6, 6.07) is 6.50. The minimum atomic E-state index is -1.80. The molecule has 14 nitrogen and oxygen atoms in total. The minimum Gasteiger partial charge on any atom is -0.507 e. The van der Waals surface area contributed by atoms with Crippen LogP contribution in [0.25, 0.3) is 22.1 Å². The first-order valence-corrected chi connectivity index (χ1v) is 11.4. The van der Waals surface area contributed by atoms with Crippen molar-refractivity contribution in [2.75, 3.05) is 13.7 Å². The second-order valence-electron chi connectivity index (χ2n) is 8.57. The SMILES string of the molecule is COc1ccc(-c2coc3cc(O[C@@H]4OC(COC(=O)CC(=O)O)[C@@H](O)[C@H](O)C4O)cc(O)c3c2=O)cc1O. The van der Waals surface area contributed by atoms with Gasteiger partial charge in [0.1, 0.15) is 66.2 Å². The van der Waals surface area contributed by atoms with E-state index < -0.39 is 66.9 Å². The van der Waals surface area contributed by atoms with Crippen molar-refractivity contribution in [2.24, 2.45) is 0 Å². The van der Waals surface area contributed by atoms with Gasteiger partial charge in [-0.2, -0.15) is 0 Å². The van der Waals surface area contributed by atoms with Crippen molar-refractivity contribution in [1.29, 1.82) is 0 Å². The van der Waals surface area contributed by atoms with Crippen molar-refractivity contribution in [3.05, 3.63) is 46.8 Å². The summed E-state index contributed by atoms with van der Waals surface area (Å²) in [6.07, 6.45) is -8.17. The minimum absolute atomic E-state index is 0.0351. The number of carbonyl (C=O) groups excluding carboxylic acids is 1. The summed E-state index contributed by atoms with van der Waals surface area (Å²) in [6.45, 7) is -0.654. The molecular formula is C25H24O14. The Bertz CT molecular complexity index is 1450. The zero-order valence-corrected chi connectivity index (χ0v) is 20.2. The Hall–Kier alpha value is -4.37. The summed E-state index contributed by atoms with van der Waals surface area (Å²) in [7, 11) is 1.37. The molecule has 6 N–H and O–H groups in total. The predicted octanol–water partition coefficient (Wildman–Crippen LogP) is 0.0841. The highest BCUT2D eigenvalue weighted by Crippen LogP contribution is 2.34. The lowest BCUT2D eigenvalue weighted by molar-refractivity contribution is -0.278. The number of methoxy groups -OCH3 is 1. The maximum absolute atomic E-state index is 13.1. The number of carbonyl (C=O) groups is 2. The smallest absolute Gasteiger partial charge is 0.317 e. The number of aromatic hydroxyl groups is 2. The fourth-order valence-corrected chi connectivity index (χ4v) is 3.97. The molecule has 208 valence electrons. The predicted molar refractivity (Wildman–Crippen MR) is 128 cm³/mol. The van der Waals surface area contributed by atoms with E-state index in [-0.39, 0.29) is 33.8 Å². The summed E-state index contributed by atoms with van der Waals surface area (Å²) in [4.78, 5) is 35.2. The van der Waals surface area contributed by atoms with Gasteiger partial charge in [-0.25, -0.2) is 0 Å².